The van der Waals surface area contributed by atoms with Crippen LogP contribution in [0.25, 0.3) is 6.08 Å². The molecular formula is C21H18BrNO4S. The molecule has 0 bridgehead atoms. The second-order valence-corrected chi connectivity index (χ2v) is 7.64. The number of halogens is 1. The molecule has 5 nitrogen and oxygen atoms in total. The van der Waals surface area contributed by atoms with Crippen LogP contribution in [0.1, 0.15) is 12.5 Å². The van der Waals surface area contributed by atoms with Crippen LogP contribution in [0.4, 0.5) is 5.69 Å². The van der Waals surface area contributed by atoms with Crippen LogP contribution in [0.3, 0.4) is 0 Å². The second-order valence-electron chi connectivity index (χ2n) is 5.69. The molecule has 0 saturated heterocycles. The van der Waals surface area contributed by atoms with Crippen LogP contribution in [0.2, 0.25) is 0 Å². The number of carbonyl (C=O) groups excluding carboxylic acids is 1. The minimum absolute atomic E-state index is 0.0657. The topological polar surface area (TPSA) is 68.1 Å². The van der Waals surface area contributed by atoms with Gasteiger partial charge in [0.2, 0.25) is 0 Å². The molecule has 0 aliphatic carbocycles. The van der Waals surface area contributed by atoms with Gasteiger partial charge >= 0.3 is 5.97 Å². The van der Waals surface area contributed by atoms with Crippen LogP contribution in [-0.4, -0.2) is 29.8 Å². The van der Waals surface area contributed by atoms with Crippen LogP contribution < -0.4 is 4.74 Å². The summed E-state index contributed by atoms with van der Waals surface area (Å²) in [7, 11) is 1.58. The number of benzene rings is 2. The highest BCUT2D eigenvalue weighted by atomic mass is 79.9. The molecule has 144 valence electrons. The third-order valence-corrected chi connectivity index (χ3v) is 5.35. The Morgan fingerprint density at radius 1 is 1.25 bits per heavy atom. The van der Waals surface area contributed by atoms with Gasteiger partial charge in [-0.15, -0.1) is 0 Å². The van der Waals surface area contributed by atoms with E-state index in [-0.39, 0.29) is 17.9 Å². The van der Waals surface area contributed by atoms with E-state index in [4.69, 9.17) is 9.47 Å². The summed E-state index contributed by atoms with van der Waals surface area (Å²) >= 11 is 4.65. The largest absolute Gasteiger partial charge is 0.506 e. The highest BCUT2D eigenvalue weighted by Crippen LogP contribution is 2.41. The number of methoxy groups -OCH3 is 1. The van der Waals surface area contributed by atoms with Crippen molar-refractivity contribution in [2.75, 3.05) is 13.7 Å². The fraction of sp³-hybridized carbons (Fsp3) is 0.143. The standard InChI is InChI=1S/C21H18BrNO4S/c1-3-27-21(25)18-19(24)17(12-13-11-14(22)9-10-16(13)26-2)28-20(18)23-15-7-5-4-6-8-15/h4-12,24H,3H2,1-2H3. The van der Waals surface area contributed by atoms with Crippen LogP contribution in [0.15, 0.2) is 74.2 Å². The third kappa shape index (κ3) is 4.48. The summed E-state index contributed by atoms with van der Waals surface area (Å²) in [6.07, 6.45) is 1.76. The number of carbonyl (C=O) groups is 1. The number of hydrogen-bond acceptors (Lipinski definition) is 6. The van der Waals surface area contributed by atoms with Gasteiger partial charge in [0.1, 0.15) is 22.1 Å². The number of hydrogen-bond donors (Lipinski definition) is 1. The molecule has 0 fully saturated rings. The van der Waals surface area contributed by atoms with Crippen molar-refractivity contribution in [3.8, 4) is 5.75 Å². The van der Waals surface area contributed by atoms with Crippen molar-refractivity contribution in [2.24, 2.45) is 4.99 Å². The predicted octanol–water partition coefficient (Wildman–Crippen LogP) is 5.65. The second kappa shape index (κ2) is 9.12. The van der Waals surface area contributed by atoms with Gasteiger partial charge in [-0.3, -0.25) is 0 Å². The van der Waals surface area contributed by atoms with Crippen molar-refractivity contribution in [1.82, 2.24) is 0 Å². The molecule has 1 aliphatic rings. The summed E-state index contributed by atoms with van der Waals surface area (Å²) in [6, 6.07) is 14.8. The first-order valence-corrected chi connectivity index (χ1v) is 10.1. The van der Waals surface area contributed by atoms with Gasteiger partial charge in [0.25, 0.3) is 0 Å². The van der Waals surface area contributed by atoms with E-state index in [1.54, 1.807) is 20.1 Å². The maximum atomic E-state index is 12.4. The van der Waals surface area contributed by atoms with E-state index in [2.05, 4.69) is 20.9 Å². The van der Waals surface area contributed by atoms with Gasteiger partial charge in [0, 0.05) is 10.0 Å². The Balaban J connectivity index is 2.08. The molecule has 0 radical (unpaired) electrons. The molecule has 0 spiro atoms. The Kier molecular flexibility index (Phi) is 6.59. The molecule has 0 unspecified atom stereocenters. The number of esters is 1. The summed E-state index contributed by atoms with van der Waals surface area (Å²) in [5.41, 5.74) is 1.51. The number of para-hydroxylation sites is 1. The van der Waals surface area contributed by atoms with E-state index < -0.39 is 5.97 Å². The van der Waals surface area contributed by atoms with Crippen molar-refractivity contribution in [1.29, 1.82) is 0 Å². The fourth-order valence-corrected chi connectivity index (χ4v) is 3.98. The number of aliphatic hydroxyl groups excluding tert-OH is 1. The van der Waals surface area contributed by atoms with Crippen molar-refractivity contribution in [2.45, 2.75) is 6.92 Å². The lowest BCUT2D eigenvalue weighted by Crippen LogP contribution is -2.12. The number of thioether (sulfide) groups is 1. The molecule has 1 aliphatic heterocycles. The van der Waals surface area contributed by atoms with Gasteiger partial charge in [0.15, 0.2) is 0 Å². The molecule has 1 heterocycles. The zero-order chi connectivity index (χ0) is 20.1. The number of aliphatic imine (C=N–C) groups is 1. The maximum Gasteiger partial charge on any atom is 0.344 e. The quantitative estimate of drug-likeness (QED) is 0.584. The van der Waals surface area contributed by atoms with E-state index >= 15 is 0 Å². The van der Waals surface area contributed by atoms with E-state index in [1.807, 2.05) is 48.5 Å². The van der Waals surface area contributed by atoms with Gasteiger partial charge < -0.3 is 14.6 Å². The first-order chi connectivity index (χ1) is 13.5. The summed E-state index contributed by atoms with van der Waals surface area (Å²) in [5.74, 6) is -0.109. The molecule has 0 saturated carbocycles. The van der Waals surface area contributed by atoms with Crippen molar-refractivity contribution >= 4 is 50.5 Å². The minimum atomic E-state index is -0.605. The molecule has 28 heavy (non-hydrogen) atoms. The average Bonchev–Trinajstić information content (AvgIpc) is 2.98. The molecule has 3 rings (SSSR count). The third-order valence-electron chi connectivity index (χ3n) is 3.84. The maximum absolute atomic E-state index is 12.4. The van der Waals surface area contributed by atoms with E-state index in [0.717, 1.165) is 10.0 Å². The lowest BCUT2D eigenvalue weighted by atomic mass is 10.1. The highest BCUT2D eigenvalue weighted by Gasteiger charge is 2.33. The number of nitrogens with zero attached hydrogens (tertiary/aromatic N) is 1. The molecule has 7 heteroatoms. The summed E-state index contributed by atoms with van der Waals surface area (Å²) in [5, 5.41) is 11.1. The van der Waals surface area contributed by atoms with Crippen LogP contribution in [-0.2, 0) is 9.53 Å². The summed E-state index contributed by atoms with van der Waals surface area (Å²) in [6.45, 7) is 1.92. The van der Waals surface area contributed by atoms with E-state index in [0.29, 0.717) is 21.4 Å². The van der Waals surface area contributed by atoms with E-state index in [1.165, 1.54) is 11.8 Å². The van der Waals surface area contributed by atoms with E-state index in [9.17, 15) is 9.90 Å². The van der Waals surface area contributed by atoms with Crippen molar-refractivity contribution in [3.05, 3.63) is 74.8 Å². The highest BCUT2D eigenvalue weighted by molar-refractivity contribution is 9.10. The zero-order valence-corrected chi connectivity index (χ0v) is 17.7. The normalized spacial score (nSPS) is 16.7. The van der Waals surface area contributed by atoms with Crippen LogP contribution >= 0.6 is 27.7 Å². The van der Waals surface area contributed by atoms with Crippen LogP contribution in [0.5, 0.6) is 5.75 Å². The number of rotatable bonds is 5. The lowest BCUT2D eigenvalue weighted by molar-refractivity contribution is -0.138. The summed E-state index contributed by atoms with van der Waals surface area (Å²) < 4.78 is 11.4. The number of aliphatic hydroxyl groups is 1. The minimum Gasteiger partial charge on any atom is -0.506 e. The zero-order valence-electron chi connectivity index (χ0n) is 15.3. The number of ether oxygens (including phenoxy) is 2. The molecule has 0 atom stereocenters. The molecule has 2 aromatic carbocycles. The Bertz CT molecular complexity index is 983. The molecular weight excluding hydrogens is 442 g/mol. The molecule has 1 N–H and O–H groups in total. The Morgan fingerprint density at radius 3 is 2.68 bits per heavy atom. The fourth-order valence-electron chi connectivity index (χ4n) is 2.57. The SMILES string of the molecule is CCOC(=O)C1=C(O)C(=Cc2cc(Br)ccc2OC)SC1=Nc1ccccc1. The van der Waals surface area contributed by atoms with Gasteiger partial charge in [0.05, 0.1) is 24.3 Å². The first kappa shape index (κ1) is 20.2. The van der Waals surface area contributed by atoms with Gasteiger partial charge in [-0.1, -0.05) is 45.9 Å². The van der Waals surface area contributed by atoms with Gasteiger partial charge in [-0.25, -0.2) is 9.79 Å². The van der Waals surface area contributed by atoms with Gasteiger partial charge in [-0.2, -0.15) is 0 Å². The smallest absolute Gasteiger partial charge is 0.344 e. The Hall–Kier alpha value is -2.51. The van der Waals surface area contributed by atoms with Crippen LogP contribution in [0, 0.1) is 0 Å². The van der Waals surface area contributed by atoms with Gasteiger partial charge in [-0.05, 0) is 43.3 Å². The molecule has 0 amide bonds. The lowest BCUT2D eigenvalue weighted by Gasteiger charge is -2.06. The van der Waals surface area contributed by atoms with Crippen molar-refractivity contribution < 1.29 is 19.4 Å². The first-order valence-electron chi connectivity index (χ1n) is 8.51. The predicted molar refractivity (Wildman–Crippen MR) is 116 cm³/mol. The molecule has 2 aromatic rings. The average molecular weight is 460 g/mol. The Labute approximate surface area is 175 Å². The van der Waals surface area contributed by atoms with Crippen molar-refractivity contribution in [3.63, 3.8) is 0 Å². The summed E-state index contributed by atoms with van der Waals surface area (Å²) in [4.78, 5) is 17.5. The Morgan fingerprint density at radius 2 is 2.00 bits per heavy atom. The monoisotopic (exact) mass is 459 g/mol. The molecule has 0 aromatic heterocycles.